The van der Waals surface area contributed by atoms with Gasteiger partial charge in [-0.25, -0.2) is 9.97 Å². The molecule has 1 aliphatic rings. The summed E-state index contributed by atoms with van der Waals surface area (Å²) in [5, 5.41) is 7.78. The van der Waals surface area contributed by atoms with E-state index in [1.54, 1.807) is 35.2 Å². The van der Waals surface area contributed by atoms with Crippen molar-refractivity contribution in [2.24, 2.45) is 0 Å². The lowest BCUT2D eigenvalue weighted by atomic mass is 10.0. The molecule has 3 aromatic rings. The van der Waals surface area contributed by atoms with Gasteiger partial charge in [0, 0.05) is 24.2 Å². The van der Waals surface area contributed by atoms with E-state index < -0.39 is 11.9 Å². The van der Waals surface area contributed by atoms with E-state index in [1.165, 1.54) is 0 Å². The molecule has 138 valence electrons. The predicted octanol–water partition coefficient (Wildman–Crippen LogP) is 3.41. The van der Waals surface area contributed by atoms with Crippen LogP contribution in [0.15, 0.2) is 42.5 Å². The molecule has 1 saturated heterocycles. The maximum atomic E-state index is 13.4. The molecular weight excluding hydrogens is 357 g/mol. The Balaban J connectivity index is 1.91. The number of hydrogen-bond acceptors (Lipinski definition) is 6. The average Bonchev–Trinajstić information content (AvgIpc) is 2.60. The number of alkyl halides is 3. The fraction of sp³-hybridized carbons (Fsp3) is 0.222. The van der Waals surface area contributed by atoms with Crippen molar-refractivity contribution in [2.75, 3.05) is 23.7 Å². The van der Waals surface area contributed by atoms with E-state index in [0.29, 0.717) is 24.3 Å². The minimum absolute atomic E-state index is 0.0503. The number of rotatable bonds is 3. The quantitative estimate of drug-likeness (QED) is 0.759. The summed E-state index contributed by atoms with van der Waals surface area (Å²) in [5.41, 5.74) is 6.23. The topological polar surface area (TPSA) is 80.8 Å². The normalized spacial score (nSPS) is 14.1. The van der Waals surface area contributed by atoms with E-state index in [4.69, 9.17) is 5.73 Å². The Labute approximate surface area is 152 Å². The monoisotopic (exact) mass is 372 g/mol. The van der Waals surface area contributed by atoms with Crippen molar-refractivity contribution in [3.8, 4) is 22.5 Å². The second kappa shape index (κ2) is 6.49. The van der Waals surface area contributed by atoms with Crippen molar-refractivity contribution in [1.29, 1.82) is 0 Å². The molecule has 9 heteroatoms. The molecule has 0 aliphatic carbocycles. The van der Waals surface area contributed by atoms with Gasteiger partial charge in [-0.15, -0.1) is 10.2 Å². The van der Waals surface area contributed by atoms with Gasteiger partial charge < -0.3 is 10.6 Å². The van der Waals surface area contributed by atoms with Crippen molar-refractivity contribution < 1.29 is 13.2 Å². The van der Waals surface area contributed by atoms with E-state index in [9.17, 15) is 13.2 Å². The summed E-state index contributed by atoms with van der Waals surface area (Å²) in [6, 6.07) is 11.6. The Morgan fingerprint density at radius 3 is 2.26 bits per heavy atom. The smallest absolute Gasteiger partial charge is 0.366 e. The first-order valence-corrected chi connectivity index (χ1v) is 8.32. The number of aromatic nitrogens is 4. The third-order valence-corrected chi connectivity index (χ3v) is 4.31. The van der Waals surface area contributed by atoms with Crippen LogP contribution in [0.4, 0.5) is 24.9 Å². The van der Waals surface area contributed by atoms with Gasteiger partial charge in [-0.3, -0.25) is 0 Å². The highest BCUT2D eigenvalue weighted by Crippen LogP contribution is 2.36. The molecule has 0 unspecified atom stereocenters. The fourth-order valence-electron chi connectivity index (χ4n) is 2.84. The highest BCUT2D eigenvalue weighted by atomic mass is 19.4. The highest BCUT2D eigenvalue weighted by molar-refractivity contribution is 5.79. The number of nitrogens with zero attached hydrogens (tertiary/aromatic N) is 5. The maximum Gasteiger partial charge on any atom is 0.433 e. The molecule has 4 rings (SSSR count). The van der Waals surface area contributed by atoms with Gasteiger partial charge in [0.15, 0.2) is 0 Å². The van der Waals surface area contributed by atoms with Gasteiger partial charge in [-0.1, -0.05) is 30.3 Å². The second-order valence-electron chi connectivity index (χ2n) is 6.17. The lowest BCUT2D eigenvalue weighted by molar-refractivity contribution is -0.141. The summed E-state index contributed by atoms with van der Waals surface area (Å²) < 4.78 is 40.2. The molecule has 0 radical (unpaired) electrons. The van der Waals surface area contributed by atoms with Crippen LogP contribution in [0.5, 0.6) is 0 Å². The van der Waals surface area contributed by atoms with E-state index in [0.717, 1.165) is 12.5 Å². The lowest BCUT2D eigenvalue weighted by Crippen LogP contribution is -2.38. The first-order chi connectivity index (χ1) is 12.9. The first-order valence-electron chi connectivity index (χ1n) is 8.32. The van der Waals surface area contributed by atoms with Crippen LogP contribution in [0, 0.1) is 0 Å². The molecule has 27 heavy (non-hydrogen) atoms. The largest absolute Gasteiger partial charge is 0.433 e. The van der Waals surface area contributed by atoms with Gasteiger partial charge in [0.2, 0.25) is 5.95 Å². The summed E-state index contributed by atoms with van der Waals surface area (Å²) in [5.74, 6) is 0.217. The van der Waals surface area contributed by atoms with Crippen molar-refractivity contribution in [1.82, 2.24) is 20.2 Å². The minimum Gasteiger partial charge on any atom is -0.366 e. The van der Waals surface area contributed by atoms with Crippen molar-refractivity contribution in [2.45, 2.75) is 12.6 Å². The molecular formula is C18H15F3N6. The zero-order valence-corrected chi connectivity index (χ0v) is 14.1. The van der Waals surface area contributed by atoms with Crippen LogP contribution >= 0.6 is 0 Å². The van der Waals surface area contributed by atoms with Gasteiger partial charge in [0.25, 0.3) is 0 Å². The first kappa shape index (κ1) is 17.2. The van der Waals surface area contributed by atoms with Crippen molar-refractivity contribution in [3.63, 3.8) is 0 Å². The minimum atomic E-state index is -4.57. The summed E-state index contributed by atoms with van der Waals surface area (Å²) in [4.78, 5) is 9.78. The summed E-state index contributed by atoms with van der Waals surface area (Å²) in [6.07, 6.45) is -3.65. The van der Waals surface area contributed by atoms with Crippen LogP contribution in [0.2, 0.25) is 0 Å². The zero-order valence-electron chi connectivity index (χ0n) is 14.1. The molecule has 0 atom stereocenters. The summed E-state index contributed by atoms with van der Waals surface area (Å²) >= 11 is 0. The van der Waals surface area contributed by atoms with Gasteiger partial charge in [0.1, 0.15) is 22.9 Å². The number of nitrogens with two attached hydrogens (primary N) is 1. The number of pyridine rings is 1. The zero-order chi connectivity index (χ0) is 19.0. The Bertz CT molecular complexity index is 971. The number of benzene rings is 1. The van der Waals surface area contributed by atoms with E-state index in [-0.39, 0.29) is 23.0 Å². The standard InChI is InChI=1S/C18H15F3N6/c19-18(20,21)13-9-12(10-14(23-13)27-7-4-8-27)16-15(24-17(22)26-25-16)11-5-2-1-3-6-11/h1-3,5-6,9-10H,4,7-8H2,(H2,22,24,26). The molecule has 0 saturated carbocycles. The maximum absolute atomic E-state index is 13.4. The van der Waals surface area contributed by atoms with Crippen LogP contribution in [-0.4, -0.2) is 33.3 Å². The van der Waals surface area contributed by atoms with Crippen molar-refractivity contribution >= 4 is 11.8 Å². The molecule has 0 bridgehead atoms. The van der Waals surface area contributed by atoms with Gasteiger partial charge in [0.05, 0.1) is 0 Å². The van der Waals surface area contributed by atoms with E-state index in [1.807, 2.05) is 6.07 Å². The Hall–Kier alpha value is -3.23. The van der Waals surface area contributed by atoms with E-state index >= 15 is 0 Å². The summed E-state index contributed by atoms with van der Waals surface area (Å²) in [7, 11) is 0. The molecule has 1 aromatic carbocycles. The molecule has 2 aromatic heterocycles. The van der Waals surface area contributed by atoms with Crippen molar-refractivity contribution in [3.05, 3.63) is 48.2 Å². The molecule has 1 fully saturated rings. The number of anilines is 2. The second-order valence-corrected chi connectivity index (χ2v) is 6.17. The average molecular weight is 372 g/mol. The third-order valence-electron chi connectivity index (χ3n) is 4.31. The van der Waals surface area contributed by atoms with Gasteiger partial charge >= 0.3 is 6.18 Å². The molecule has 6 nitrogen and oxygen atoms in total. The Morgan fingerprint density at radius 2 is 1.63 bits per heavy atom. The number of halogens is 3. The van der Waals surface area contributed by atoms with Crippen LogP contribution in [0.25, 0.3) is 22.5 Å². The van der Waals surface area contributed by atoms with Crippen LogP contribution < -0.4 is 10.6 Å². The molecule has 0 amide bonds. The lowest BCUT2D eigenvalue weighted by Gasteiger charge is -2.32. The molecule has 3 heterocycles. The Morgan fingerprint density at radius 1 is 0.889 bits per heavy atom. The highest BCUT2D eigenvalue weighted by Gasteiger charge is 2.34. The number of nitrogen functional groups attached to an aromatic ring is 1. The number of hydrogen-bond donors (Lipinski definition) is 1. The van der Waals surface area contributed by atoms with Gasteiger partial charge in [-0.2, -0.15) is 13.2 Å². The summed E-state index contributed by atoms with van der Waals surface area (Å²) in [6.45, 7) is 1.34. The molecule has 2 N–H and O–H groups in total. The van der Waals surface area contributed by atoms with E-state index in [2.05, 4.69) is 20.2 Å². The molecule has 1 aliphatic heterocycles. The van der Waals surface area contributed by atoms with Crippen LogP contribution in [0.1, 0.15) is 12.1 Å². The molecule has 0 spiro atoms. The van der Waals surface area contributed by atoms with Crippen LogP contribution in [0.3, 0.4) is 0 Å². The Kier molecular flexibility index (Phi) is 4.14. The fourth-order valence-corrected chi connectivity index (χ4v) is 2.84. The SMILES string of the molecule is Nc1nnc(-c2cc(N3CCC3)nc(C(F)(F)F)c2)c(-c2ccccc2)n1. The third kappa shape index (κ3) is 3.40. The van der Waals surface area contributed by atoms with Gasteiger partial charge in [-0.05, 0) is 18.6 Å². The van der Waals surface area contributed by atoms with Crippen LogP contribution in [-0.2, 0) is 6.18 Å². The predicted molar refractivity (Wildman–Crippen MR) is 94.7 cm³/mol.